The molecular weight excluding hydrogens is 361 g/mol. The summed E-state index contributed by atoms with van der Waals surface area (Å²) < 4.78 is 4.83. The molecular formula is C17H16NO4Se. The Balaban J connectivity index is 1.89. The predicted octanol–water partition coefficient (Wildman–Crippen LogP) is 1.92. The molecule has 0 saturated carbocycles. The van der Waals surface area contributed by atoms with E-state index in [1.165, 1.54) is 12.1 Å². The number of alkyl carbamates (subject to hydrolysis) is 1. The van der Waals surface area contributed by atoms with Crippen molar-refractivity contribution in [3.63, 3.8) is 0 Å². The van der Waals surface area contributed by atoms with Gasteiger partial charge in [-0.25, -0.2) is 0 Å². The third-order valence-electron chi connectivity index (χ3n) is 3.17. The van der Waals surface area contributed by atoms with Crippen LogP contribution in [-0.2, 0) is 22.6 Å². The molecule has 6 heteroatoms. The van der Waals surface area contributed by atoms with E-state index in [2.05, 4.69) is 21.3 Å². The first-order valence-electron chi connectivity index (χ1n) is 7.00. The molecule has 0 spiro atoms. The van der Waals surface area contributed by atoms with Gasteiger partial charge in [-0.05, 0) is 0 Å². The van der Waals surface area contributed by atoms with Gasteiger partial charge in [-0.15, -0.1) is 0 Å². The number of phenolic OH excluding ortho intramolecular Hbond substituents is 1. The van der Waals surface area contributed by atoms with E-state index in [9.17, 15) is 14.7 Å². The Labute approximate surface area is 142 Å². The molecule has 0 unspecified atom stereocenters. The molecule has 1 amide bonds. The summed E-state index contributed by atoms with van der Waals surface area (Å²) in [5, 5.41) is 11.8. The van der Waals surface area contributed by atoms with Crippen LogP contribution in [0.1, 0.15) is 11.1 Å². The predicted molar refractivity (Wildman–Crippen MR) is 86.1 cm³/mol. The fourth-order valence-corrected chi connectivity index (χ4v) is 2.27. The minimum atomic E-state index is -0.720. The van der Waals surface area contributed by atoms with Crippen LogP contribution < -0.4 is 5.32 Å². The van der Waals surface area contributed by atoms with Crippen molar-refractivity contribution in [2.75, 3.05) is 0 Å². The maximum absolute atomic E-state index is 11.8. The Bertz CT molecular complexity index is 658. The van der Waals surface area contributed by atoms with Crippen LogP contribution in [-0.4, -0.2) is 37.9 Å². The topological polar surface area (TPSA) is 75.6 Å². The zero-order valence-electron chi connectivity index (χ0n) is 12.3. The standard InChI is InChI=1S/C17H16NO4Se/c19-14-8-6-12(7-9-14)10-15(16(20)23)18-17(21)22-11-13-4-2-1-3-5-13/h1-9,15,19H,10-11H2,(H,18,21)/t15-/m0/s1. The van der Waals surface area contributed by atoms with E-state index in [1.54, 1.807) is 12.1 Å². The van der Waals surface area contributed by atoms with Gasteiger partial charge in [0, 0.05) is 0 Å². The van der Waals surface area contributed by atoms with Gasteiger partial charge >= 0.3 is 142 Å². The van der Waals surface area contributed by atoms with Crippen molar-refractivity contribution in [2.24, 2.45) is 0 Å². The molecule has 2 rings (SSSR count). The van der Waals surface area contributed by atoms with Gasteiger partial charge in [-0.3, -0.25) is 0 Å². The quantitative estimate of drug-likeness (QED) is 0.755. The van der Waals surface area contributed by atoms with Crippen molar-refractivity contribution in [3.8, 4) is 5.75 Å². The van der Waals surface area contributed by atoms with Gasteiger partial charge < -0.3 is 0 Å². The zero-order chi connectivity index (χ0) is 16.7. The molecule has 1 atom stereocenters. The fraction of sp³-hybridized carbons (Fsp3) is 0.176. The monoisotopic (exact) mass is 378 g/mol. The van der Waals surface area contributed by atoms with Crippen molar-refractivity contribution < 1.29 is 19.4 Å². The third kappa shape index (κ3) is 5.77. The number of amides is 1. The number of aromatic hydroxyl groups is 1. The molecule has 0 fully saturated rings. The first-order valence-corrected chi connectivity index (χ1v) is 7.86. The Hall–Kier alpha value is -2.30. The van der Waals surface area contributed by atoms with Crippen LogP contribution in [0, 0.1) is 0 Å². The molecule has 0 saturated heterocycles. The Morgan fingerprint density at radius 3 is 2.30 bits per heavy atom. The molecule has 23 heavy (non-hydrogen) atoms. The van der Waals surface area contributed by atoms with E-state index in [0.29, 0.717) is 6.42 Å². The van der Waals surface area contributed by atoms with Gasteiger partial charge in [0.2, 0.25) is 0 Å². The van der Waals surface area contributed by atoms with Gasteiger partial charge in [0.05, 0.1) is 0 Å². The second-order valence-electron chi connectivity index (χ2n) is 4.95. The molecule has 0 bridgehead atoms. The molecule has 2 aromatic carbocycles. The summed E-state index contributed by atoms with van der Waals surface area (Å²) in [6, 6.07) is 15.0. The summed E-state index contributed by atoms with van der Waals surface area (Å²) in [6.07, 6.45) is -0.340. The normalized spacial score (nSPS) is 11.5. The molecule has 2 aromatic rings. The molecule has 0 aliphatic heterocycles. The average Bonchev–Trinajstić information content (AvgIpc) is 2.55. The molecule has 119 valence electrons. The second kappa shape index (κ2) is 8.36. The maximum atomic E-state index is 11.8. The van der Waals surface area contributed by atoms with Crippen molar-refractivity contribution in [1.29, 1.82) is 0 Å². The number of carbonyl (C=O) groups is 2. The Morgan fingerprint density at radius 2 is 1.70 bits per heavy atom. The van der Waals surface area contributed by atoms with Crippen molar-refractivity contribution >= 4 is 26.8 Å². The fourth-order valence-electron chi connectivity index (χ4n) is 1.97. The van der Waals surface area contributed by atoms with E-state index < -0.39 is 12.1 Å². The number of hydrogen-bond acceptors (Lipinski definition) is 4. The number of ether oxygens (including phenoxy) is 1. The number of phenols is 1. The zero-order valence-corrected chi connectivity index (χ0v) is 14.0. The van der Waals surface area contributed by atoms with E-state index >= 15 is 0 Å². The summed E-state index contributed by atoms with van der Waals surface area (Å²) >= 11 is 2.39. The number of carbonyl (C=O) groups excluding carboxylic acids is 2. The van der Waals surface area contributed by atoms with Crippen LogP contribution >= 0.6 is 0 Å². The molecule has 0 aromatic heterocycles. The van der Waals surface area contributed by atoms with Crippen molar-refractivity contribution in [1.82, 2.24) is 5.32 Å². The SMILES string of the molecule is O=C(N[C@@H](Cc1ccc(O)cc1)C(=O)[Se])OCc1ccccc1. The first-order chi connectivity index (χ1) is 11.0. The summed E-state index contributed by atoms with van der Waals surface area (Å²) in [5.41, 5.74) is 1.69. The van der Waals surface area contributed by atoms with E-state index in [0.717, 1.165) is 11.1 Å². The second-order valence-corrected chi connectivity index (χ2v) is 5.79. The van der Waals surface area contributed by atoms with Gasteiger partial charge in [-0.2, -0.15) is 0 Å². The summed E-state index contributed by atoms with van der Waals surface area (Å²) in [5.74, 6) is 0.148. The molecule has 1 radical (unpaired) electrons. The summed E-state index contributed by atoms with van der Waals surface area (Å²) in [7, 11) is 0. The van der Waals surface area contributed by atoms with Crippen molar-refractivity contribution in [2.45, 2.75) is 19.1 Å². The van der Waals surface area contributed by atoms with Crippen LogP contribution in [0.2, 0.25) is 0 Å². The Kier molecular flexibility index (Phi) is 6.20. The van der Waals surface area contributed by atoms with E-state index in [4.69, 9.17) is 4.74 Å². The van der Waals surface area contributed by atoms with Gasteiger partial charge in [0.15, 0.2) is 0 Å². The summed E-state index contributed by atoms with van der Waals surface area (Å²) in [4.78, 5) is 23.5. The van der Waals surface area contributed by atoms with Crippen molar-refractivity contribution in [3.05, 3.63) is 65.7 Å². The van der Waals surface area contributed by atoms with Gasteiger partial charge in [0.25, 0.3) is 0 Å². The molecule has 2 N–H and O–H groups in total. The van der Waals surface area contributed by atoms with Gasteiger partial charge in [-0.1, -0.05) is 0 Å². The average molecular weight is 377 g/mol. The third-order valence-corrected chi connectivity index (χ3v) is 3.76. The number of hydrogen-bond donors (Lipinski definition) is 2. The van der Waals surface area contributed by atoms with Gasteiger partial charge in [0.1, 0.15) is 0 Å². The summed E-state index contributed by atoms with van der Waals surface area (Å²) in [6.45, 7) is 0.139. The number of nitrogens with one attached hydrogen (secondary N) is 1. The minimum absolute atomic E-state index is 0.139. The van der Waals surface area contributed by atoms with Crippen LogP contribution in [0.5, 0.6) is 5.75 Å². The van der Waals surface area contributed by atoms with E-state index in [1.807, 2.05) is 30.3 Å². The van der Waals surface area contributed by atoms with Crippen LogP contribution in [0.4, 0.5) is 4.79 Å². The molecule has 0 aliphatic carbocycles. The molecule has 0 aliphatic rings. The Morgan fingerprint density at radius 1 is 1.04 bits per heavy atom. The van der Waals surface area contributed by atoms with E-state index in [-0.39, 0.29) is 17.0 Å². The van der Waals surface area contributed by atoms with Crippen LogP contribution in [0.3, 0.4) is 0 Å². The first kappa shape index (κ1) is 17.1. The molecule has 5 nitrogen and oxygen atoms in total. The van der Waals surface area contributed by atoms with Crippen LogP contribution in [0.25, 0.3) is 0 Å². The number of rotatable bonds is 6. The number of benzene rings is 2. The van der Waals surface area contributed by atoms with Crippen LogP contribution in [0.15, 0.2) is 54.6 Å². The molecule has 0 heterocycles.